The van der Waals surface area contributed by atoms with E-state index in [1.807, 2.05) is 32.0 Å². The van der Waals surface area contributed by atoms with Gasteiger partial charge in [-0.1, -0.05) is 12.1 Å². The molecule has 1 aromatic heterocycles. The third kappa shape index (κ3) is 2.75. The molecule has 1 N–H and O–H groups in total. The summed E-state index contributed by atoms with van der Waals surface area (Å²) < 4.78 is 5.87. The molecule has 0 saturated carbocycles. The third-order valence-electron chi connectivity index (χ3n) is 2.55. The first-order valence-electron chi connectivity index (χ1n) is 5.46. The van der Waals surface area contributed by atoms with E-state index in [1.165, 1.54) is 0 Å². The van der Waals surface area contributed by atoms with Crippen molar-refractivity contribution in [3.63, 3.8) is 0 Å². The van der Waals surface area contributed by atoms with Crippen molar-refractivity contribution >= 4 is 0 Å². The minimum Gasteiger partial charge on any atom is -0.508 e. The van der Waals surface area contributed by atoms with Crippen LogP contribution in [0.15, 0.2) is 48.8 Å². The van der Waals surface area contributed by atoms with Crippen LogP contribution in [0.5, 0.6) is 11.5 Å². The van der Waals surface area contributed by atoms with Gasteiger partial charge in [-0.3, -0.25) is 4.98 Å². The molecule has 0 fully saturated rings. The van der Waals surface area contributed by atoms with Gasteiger partial charge in [0, 0.05) is 24.0 Å². The highest BCUT2D eigenvalue weighted by Gasteiger charge is 2.22. The molecule has 2 rings (SSSR count). The first kappa shape index (κ1) is 11.5. The molecule has 0 bridgehead atoms. The fourth-order valence-corrected chi connectivity index (χ4v) is 1.62. The lowest BCUT2D eigenvalue weighted by Gasteiger charge is -2.26. The molecule has 1 heterocycles. The van der Waals surface area contributed by atoms with Crippen LogP contribution < -0.4 is 4.74 Å². The molecule has 0 aliphatic rings. The van der Waals surface area contributed by atoms with E-state index in [0.29, 0.717) is 5.75 Å². The predicted octanol–water partition coefficient (Wildman–Crippen LogP) is 3.10. The van der Waals surface area contributed by atoms with Crippen molar-refractivity contribution in [2.75, 3.05) is 0 Å². The Hall–Kier alpha value is -2.03. The van der Waals surface area contributed by atoms with Gasteiger partial charge < -0.3 is 9.84 Å². The van der Waals surface area contributed by atoms with Crippen molar-refractivity contribution in [2.24, 2.45) is 0 Å². The zero-order chi connectivity index (χ0) is 12.3. The van der Waals surface area contributed by atoms with E-state index in [2.05, 4.69) is 4.98 Å². The van der Waals surface area contributed by atoms with Crippen molar-refractivity contribution in [1.29, 1.82) is 0 Å². The summed E-state index contributed by atoms with van der Waals surface area (Å²) in [5, 5.41) is 9.39. The maximum absolute atomic E-state index is 9.39. The number of hydrogen-bond acceptors (Lipinski definition) is 3. The summed E-state index contributed by atoms with van der Waals surface area (Å²) in [7, 11) is 0. The monoisotopic (exact) mass is 229 g/mol. The second-order valence-corrected chi connectivity index (χ2v) is 4.35. The molecule has 0 amide bonds. The Morgan fingerprint density at radius 1 is 1.18 bits per heavy atom. The SMILES string of the molecule is CC(C)(Oc1cccc(O)c1)c1cccnc1. The zero-order valence-electron chi connectivity index (χ0n) is 9.92. The molecule has 88 valence electrons. The molecular weight excluding hydrogens is 214 g/mol. The molecule has 3 nitrogen and oxygen atoms in total. The first-order chi connectivity index (χ1) is 8.08. The average Bonchev–Trinajstić information content (AvgIpc) is 2.29. The summed E-state index contributed by atoms with van der Waals surface area (Å²) in [6, 6.07) is 10.6. The first-order valence-corrected chi connectivity index (χ1v) is 5.46. The quantitative estimate of drug-likeness (QED) is 0.879. The van der Waals surface area contributed by atoms with Crippen LogP contribution in [-0.2, 0) is 5.60 Å². The topological polar surface area (TPSA) is 42.4 Å². The number of pyridine rings is 1. The summed E-state index contributed by atoms with van der Waals surface area (Å²) in [5.74, 6) is 0.836. The number of phenolic OH excluding ortho intramolecular Hbond substituents is 1. The van der Waals surface area contributed by atoms with Gasteiger partial charge >= 0.3 is 0 Å². The molecule has 0 saturated heterocycles. The molecule has 0 aliphatic carbocycles. The molecule has 3 heteroatoms. The van der Waals surface area contributed by atoms with Gasteiger partial charge in [0.15, 0.2) is 0 Å². The summed E-state index contributed by atoms with van der Waals surface area (Å²) >= 11 is 0. The minimum absolute atomic E-state index is 0.199. The Morgan fingerprint density at radius 3 is 2.65 bits per heavy atom. The van der Waals surface area contributed by atoms with Gasteiger partial charge in [-0.2, -0.15) is 0 Å². The standard InChI is InChI=1S/C14H15NO2/c1-14(2,11-5-4-8-15-10-11)17-13-7-3-6-12(16)9-13/h3-10,16H,1-2H3. The van der Waals surface area contributed by atoms with Crippen LogP contribution in [0.25, 0.3) is 0 Å². The Morgan fingerprint density at radius 2 is 2.00 bits per heavy atom. The van der Waals surface area contributed by atoms with Gasteiger partial charge in [0.1, 0.15) is 17.1 Å². The second-order valence-electron chi connectivity index (χ2n) is 4.35. The molecular formula is C14H15NO2. The number of rotatable bonds is 3. The maximum atomic E-state index is 9.39. The Kier molecular flexibility index (Phi) is 3.00. The van der Waals surface area contributed by atoms with E-state index in [1.54, 1.807) is 30.6 Å². The summed E-state index contributed by atoms with van der Waals surface area (Å²) in [4.78, 5) is 4.08. The number of phenols is 1. The number of ether oxygens (including phenoxy) is 1. The van der Waals surface area contributed by atoms with Crippen LogP contribution in [0.4, 0.5) is 0 Å². The number of nitrogens with zero attached hydrogens (tertiary/aromatic N) is 1. The van der Waals surface area contributed by atoms with Gasteiger partial charge in [0.2, 0.25) is 0 Å². The number of hydrogen-bond donors (Lipinski definition) is 1. The van der Waals surface area contributed by atoms with Crippen molar-refractivity contribution < 1.29 is 9.84 Å². The second kappa shape index (κ2) is 4.45. The minimum atomic E-state index is -0.484. The van der Waals surface area contributed by atoms with Gasteiger partial charge in [-0.15, -0.1) is 0 Å². The van der Waals surface area contributed by atoms with Crippen LogP contribution in [0.2, 0.25) is 0 Å². The van der Waals surface area contributed by atoms with Crippen molar-refractivity contribution in [3.05, 3.63) is 54.4 Å². The van der Waals surface area contributed by atoms with Crippen LogP contribution in [0, 0.1) is 0 Å². The smallest absolute Gasteiger partial charge is 0.130 e. The number of benzene rings is 1. The highest BCUT2D eigenvalue weighted by atomic mass is 16.5. The Labute approximate surface area is 101 Å². The van der Waals surface area contributed by atoms with E-state index in [0.717, 1.165) is 5.56 Å². The molecule has 1 aromatic carbocycles. The molecule has 2 aromatic rings. The predicted molar refractivity (Wildman–Crippen MR) is 66.0 cm³/mol. The third-order valence-corrected chi connectivity index (χ3v) is 2.55. The summed E-state index contributed by atoms with van der Waals surface area (Å²) in [5.41, 5.74) is 0.505. The Balaban J connectivity index is 2.23. The highest BCUT2D eigenvalue weighted by Crippen LogP contribution is 2.28. The lowest BCUT2D eigenvalue weighted by Crippen LogP contribution is -2.25. The lowest BCUT2D eigenvalue weighted by molar-refractivity contribution is 0.108. The van der Waals surface area contributed by atoms with Crippen molar-refractivity contribution in [1.82, 2.24) is 4.98 Å². The molecule has 0 radical (unpaired) electrons. The van der Waals surface area contributed by atoms with Crippen molar-refractivity contribution in [3.8, 4) is 11.5 Å². The van der Waals surface area contributed by atoms with Crippen LogP contribution in [0.3, 0.4) is 0 Å². The lowest BCUT2D eigenvalue weighted by atomic mass is 10.0. The highest BCUT2D eigenvalue weighted by molar-refractivity contribution is 5.33. The fraction of sp³-hybridized carbons (Fsp3) is 0.214. The van der Waals surface area contributed by atoms with Crippen LogP contribution >= 0.6 is 0 Å². The largest absolute Gasteiger partial charge is 0.508 e. The molecule has 0 aliphatic heterocycles. The summed E-state index contributed by atoms with van der Waals surface area (Å²) in [6.45, 7) is 3.93. The van der Waals surface area contributed by atoms with Gasteiger partial charge in [-0.25, -0.2) is 0 Å². The number of aromatic nitrogens is 1. The van der Waals surface area contributed by atoms with Gasteiger partial charge in [-0.05, 0) is 32.0 Å². The van der Waals surface area contributed by atoms with E-state index in [4.69, 9.17) is 4.74 Å². The molecule has 0 atom stereocenters. The van der Waals surface area contributed by atoms with Crippen LogP contribution in [0.1, 0.15) is 19.4 Å². The molecule has 0 spiro atoms. The number of aromatic hydroxyl groups is 1. The van der Waals surface area contributed by atoms with E-state index in [9.17, 15) is 5.11 Å². The summed E-state index contributed by atoms with van der Waals surface area (Å²) in [6.07, 6.45) is 3.51. The Bertz CT molecular complexity index is 495. The van der Waals surface area contributed by atoms with E-state index < -0.39 is 5.60 Å². The van der Waals surface area contributed by atoms with Gasteiger partial charge in [0.25, 0.3) is 0 Å². The van der Waals surface area contributed by atoms with E-state index in [-0.39, 0.29) is 5.75 Å². The van der Waals surface area contributed by atoms with Crippen molar-refractivity contribution in [2.45, 2.75) is 19.4 Å². The average molecular weight is 229 g/mol. The van der Waals surface area contributed by atoms with E-state index >= 15 is 0 Å². The molecule has 17 heavy (non-hydrogen) atoms. The zero-order valence-corrected chi connectivity index (χ0v) is 9.92. The fourth-order valence-electron chi connectivity index (χ4n) is 1.62. The normalized spacial score (nSPS) is 11.2. The molecule has 0 unspecified atom stereocenters. The van der Waals surface area contributed by atoms with Gasteiger partial charge in [0.05, 0.1) is 0 Å². The van der Waals surface area contributed by atoms with Crippen LogP contribution in [-0.4, -0.2) is 10.1 Å². The maximum Gasteiger partial charge on any atom is 0.130 e.